The van der Waals surface area contributed by atoms with Gasteiger partial charge in [0.05, 0.1) is 5.39 Å². The minimum absolute atomic E-state index is 0.0597. The van der Waals surface area contributed by atoms with Crippen molar-refractivity contribution in [2.45, 2.75) is 65.2 Å². The summed E-state index contributed by atoms with van der Waals surface area (Å²) in [6, 6.07) is 18.0. The quantitative estimate of drug-likeness (QED) is 0.152. The summed E-state index contributed by atoms with van der Waals surface area (Å²) in [6.45, 7) is 4.24. The average molecular weight is 431 g/mol. The minimum Gasteiger partial charge on any atom is -0.419 e. The van der Waals surface area contributed by atoms with Crippen molar-refractivity contribution in [3.05, 3.63) is 82.0 Å². The van der Waals surface area contributed by atoms with Crippen LogP contribution in [-0.2, 0) is 12.8 Å². The zero-order valence-electron chi connectivity index (χ0n) is 19.0. The smallest absolute Gasteiger partial charge is 0.344 e. The number of hydrogen-bond donors (Lipinski definition) is 0. The van der Waals surface area contributed by atoms with E-state index in [-0.39, 0.29) is 5.58 Å². The van der Waals surface area contributed by atoms with Crippen LogP contribution in [0.2, 0.25) is 0 Å². The average Bonchev–Trinajstić information content (AvgIpc) is 2.82. The van der Waals surface area contributed by atoms with Gasteiger partial charge < -0.3 is 4.42 Å². The Morgan fingerprint density at radius 2 is 1.44 bits per heavy atom. The molecule has 1 aromatic heterocycles. The van der Waals surface area contributed by atoms with Crippen molar-refractivity contribution in [3.63, 3.8) is 0 Å². The molecule has 0 aliphatic rings. The van der Waals surface area contributed by atoms with Crippen LogP contribution in [-0.4, -0.2) is 0 Å². The molecule has 0 amide bonds. The second kappa shape index (κ2) is 10.1. The summed E-state index contributed by atoms with van der Waals surface area (Å²) in [5, 5.41) is 1.85. The topological polar surface area (TPSA) is 30.2 Å². The zero-order chi connectivity index (χ0) is 22.5. The fraction of sp³-hybridized carbons (Fsp3) is 0.345. The van der Waals surface area contributed by atoms with Gasteiger partial charge in [-0.1, -0.05) is 94.5 Å². The highest BCUT2D eigenvalue weighted by Gasteiger charge is 2.15. The van der Waals surface area contributed by atoms with Gasteiger partial charge in [0.2, 0.25) is 0 Å². The molecule has 0 N–H and O–H groups in total. The molecule has 2 nitrogen and oxygen atoms in total. The Morgan fingerprint density at radius 3 is 2.19 bits per heavy atom. The minimum atomic E-state index is -0.495. The SMILES string of the molecule is CCCCCCCc1ccc(-c2ccc3c(c2)c(=O)oc2c(F)c(CCC)ccc23)cc1. The molecule has 1 heterocycles. The molecule has 0 atom stereocenters. The number of fused-ring (bicyclic) bond motifs is 3. The van der Waals surface area contributed by atoms with Crippen LogP contribution in [0.5, 0.6) is 0 Å². The van der Waals surface area contributed by atoms with Gasteiger partial charge in [0.25, 0.3) is 0 Å². The Bertz CT molecular complexity index is 1270. The Morgan fingerprint density at radius 1 is 0.719 bits per heavy atom. The second-order valence-electron chi connectivity index (χ2n) is 8.68. The first-order valence-electron chi connectivity index (χ1n) is 11.9. The first-order chi connectivity index (χ1) is 15.6. The fourth-order valence-corrected chi connectivity index (χ4v) is 4.44. The second-order valence-corrected chi connectivity index (χ2v) is 8.68. The lowest BCUT2D eigenvalue weighted by Gasteiger charge is -2.09. The monoisotopic (exact) mass is 430 g/mol. The van der Waals surface area contributed by atoms with Crippen LogP contribution in [0.25, 0.3) is 32.9 Å². The molecule has 0 aliphatic heterocycles. The predicted molar refractivity (Wildman–Crippen MR) is 132 cm³/mol. The lowest BCUT2D eigenvalue weighted by molar-refractivity contribution is 0.524. The molecular weight excluding hydrogens is 399 g/mol. The van der Waals surface area contributed by atoms with Gasteiger partial charge in [-0.3, -0.25) is 0 Å². The standard InChI is InChI=1S/C29H31FO2/c1-3-5-6-7-8-10-20-11-13-21(14-12-20)23-16-17-24-25-18-15-22(9-4-2)27(30)28(25)32-29(31)26(24)19-23/h11-19H,3-10H2,1-2H3. The number of hydrogen-bond acceptors (Lipinski definition) is 2. The number of unbranched alkanes of at least 4 members (excludes halogenated alkanes) is 4. The summed E-state index contributed by atoms with van der Waals surface area (Å²) in [6.07, 6.45) is 8.96. The maximum Gasteiger partial charge on any atom is 0.344 e. The molecule has 0 radical (unpaired) electrons. The van der Waals surface area contributed by atoms with Crippen molar-refractivity contribution in [1.29, 1.82) is 0 Å². The third-order valence-electron chi connectivity index (χ3n) is 6.28. The first kappa shape index (κ1) is 22.3. The maximum atomic E-state index is 14.9. The van der Waals surface area contributed by atoms with Crippen molar-refractivity contribution in [2.24, 2.45) is 0 Å². The van der Waals surface area contributed by atoms with Crippen molar-refractivity contribution < 1.29 is 8.81 Å². The molecule has 32 heavy (non-hydrogen) atoms. The molecule has 0 unspecified atom stereocenters. The Labute approximate surface area is 189 Å². The lowest BCUT2D eigenvalue weighted by atomic mass is 9.97. The number of benzene rings is 3. The maximum absolute atomic E-state index is 14.9. The molecule has 3 heteroatoms. The van der Waals surface area contributed by atoms with Crippen LogP contribution in [0, 0.1) is 5.82 Å². The molecule has 0 aliphatic carbocycles. The van der Waals surface area contributed by atoms with Crippen LogP contribution in [0.3, 0.4) is 0 Å². The van der Waals surface area contributed by atoms with E-state index in [2.05, 4.69) is 31.2 Å². The molecule has 0 saturated heterocycles. The molecule has 166 valence electrons. The van der Waals surface area contributed by atoms with E-state index in [1.807, 2.05) is 31.2 Å². The number of rotatable bonds is 9. The molecule has 0 bridgehead atoms. The number of halogens is 1. The van der Waals surface area contributed by atoms with Gasteiger partial charge in [-0.25, -0.2) is 9.18 Å². The van der Waals surface area contributed by atoms with Crippen molar-refractivity contribution >= 4 is 21.7 Å². The number of aryl methyl sites for hydroxylation is 2. The highest BCUT2D eigenvalue weighted by molar-refractivity contribution is 6.05. The highest BCUT2D eigenvalue weighted by Crippen LogP contribution is 2.30. The molecule has 0 spiro atoms. The third-order valence-corrected chi connectivity index (χ3v) is 6.28. The van der Waals surface area contributed by atoms with Crippen molar-refractivity contribution in [3.8, 4) is 11.1 Å². The Hall–Kier alpha value is -2.94. The van der Waals surface area contributed by atoms with Gasteiger partial charge in [0.1, 0.15) is 0 Å². The van der Waals surface area contributed by atoms with E-state index in [0.29, 0.717) is 22.8 Å². The molecule has 3 aromatic carbocycles. The molecular formula is C29H31FO2. The summed E-state index contributed by atoms with van der Waals surface area (Å²) in [5.41, 5.74) is 3.52. The largest absolute Gasteiger partial charge is 0.419 e. The summed E-state index contributed by atoms with van der Waals surface area (Å²) in [5.74, 6) is -0.419. The van der Waals surface area contributed by atoms with Gasteiger partial charge >= 0.3 is 5.63 Å². The van der Waals surface area contributed by atoms with Crippen molar-refractivity contribution in [1.82, 2.24) is 0 Å². The van der Waals surface area contributed by atoms with Gasteiger partial charge in [-0.15, -0.1) is 0 Å². The normalized spacial score (nSPS) is 11.5. The van der Waals surface area contributed by atoms with Crippen molar-refractivity contribution in [2.75, 3.05) is 0 Å². The summed E-state index contributed by atoms with van der Waals surface area (Å²) >= 11 is 0. The van der Waals surface area contributed by atoms with Gasteiger partial charge in [-0.05, 0) is 47.6 Å². The lowest BCUT2D eigenvalue weighted by Crippen LogP contribution is -2.02. The summed E-state index contributed by atoms with van der Waals surface area (Å²) < 4.78 is 20.3. The van der Waals surface area contributed by atoms with E-state index in [9.17, 15) is 9.18 Å². The van der Waals surface area contributed by atoms with Gasteiger partial charge in [0, 0.05) is 10.8 Å². The van der Waals surface area contributed by atoms with Crippen LogP contribution >= 0.6 is 0 Å². The van der Waals surface area contributed by atoms with Crippen LogP contribution in [0.1, 0.15) is 63.5 Å². The fourth-order valence-electron chi connectivity index (χ4n) is 4.44. The third kappa shape index (κ3) is 4.62. The summed E-state index contributed by atoms with van der Waals surface area (Å²) in [7, 11) is 0. The van der Waals surface area contributed by atoms with E-state index in [4.69, 9.17) is 4.42 Å². The highest BCUT2D eigenvalue weighted by atomic mass is 19.1. The molecule has 4 aromatic rings. The Balaban J connectivity index is 1.62. The molecule has 4 rings (SSSR count). The van der Waals surface area contributed by atoms with E-state index in [1.165, 1.54) is 37.7 Å². The van der Waals surface area contributed by atoms with E-state index in [0.717, 1.165) is 29.4 Å². The first-order valence-corrected chi connectivity index (χ1v) is 11.9. The van der Waals surface area contributed by atoms with E-state index < -0.39 is 11.4 Å². The van der Waals surface area contributed by atoms with Crippen LogP contribution < -0.4 is 5.63 Å². The van der Waals surface area contributed by atoms with Crippen LogP contribution in [0.15, 0.2) is 63.8 Å². The van der Waals surface area contributed by atoms with Gasteiger partial charge in [0.15, 0.2) is 11.4 Å². The van der Waals surface area contributed by atoms with E-state index in [1.54, 1.807) is 6.07 Å². The molecule has 0 saturated carbocycles. The van der Waals surface area contributed by atoms with Gasteiger partial charge in [-0.2, -0.15) is 0 Å². The Kier molecular flexibility index (Phi) is 7.04. The predicted octanol–water partition coefficient (Wildman–Crippen LogP) is 8.22. The zero-order valence-corrected chi connectivity index (χ0v) is 19.0. The van der Waals surface area contributed by atoms with E-state index >= 15 is 0 Å². The molecule has 0 fully saturated rings. The van der Waals surface area contributed by atoms with Crippen LogP contribution in [0.4, 0.5) is 4.39 Å². The summed E-state index contributed by atoms with van der Waals surface area (Å²) in [4.78, 5) is 12.7.